The number of benzene rings is 2. The number of aryl methyl sites for hydroxylation is 1. The van der Waals surface area contributed by atoms with Gasteiger partial charge in [0.25, 0.3) is 0 Å². The molecule has 7 heteroatoms. The second-order valence-electron chi connectivity index (χ2n) is 12.8. The molecule has 0 bridgehead atoms. The normalized spacial score (nSPS) is 21.4. The van der Waals surface area contributed by atoms with Crippen molar-refractivity contribution < 1.29 is 9.90 Å². The molecule has 6 rings (SSSR count). The lowest BCUT2D eigenvalue weighted by Crippen LogP contribution is -2.51. The number of rotatable bonds is 5. The fraction of sp³-hybridized carbons (Fsp3) is 0.485. The molecule has 1 fully saturated rings. The van der Waals surface area contributed by atoms with Gasteiger partial charge in [-0.1, -0.05) is 49.4 Å². The second kappa shape index (κ2) is 10.2. The minimum Gasteiger partial charge on any atom is -0.465 e. The van der Waals surface area contributed by atoms with Gasteiger partial charge < -0.3 is 15.3 Å². The summed E-state index contributed by atoms with van der Waals surface area (Å²) < 4.78 is 0. The Morgan fingerprint density at radius 3 is 2.55 bits per heavy atom. The largest absolute Gasteiger partial charge is 0.465 e. The number of hydrogen-bond acceptors (Lipinski definition) is 5. The summed E-state index contributed by atoms with van der Waals surface area (Å²) in [4.78, 5) is 26.3. The van der Waals surface area contributed by atoms with Gasteiger partial charge in [0.2, 0.25) is 0 Å². The van der Waals surface area contributed by atoms with E-state index in [4.69, 9.17) is 9.97 Å². The van der Waals surface area contributed by atoms with Crippen LogP contribution in [0.15, 0.2) is 54.9 Å². The van der Waals surface area contributed by atoms with E-state index in [1.807, 2.05) is 20.8 Å². The number of anilines is 2. The van der Waals surface area contributed by atoms with Gasteiger partial charge in [0.05, 0.1) is 0 Å². The Hall–Kier alpha value is -3.45. The second-order valence-corrected chi connectivity index (χ2v) is 12.8. The quantitative estimate of drug-likeness (QED) is 0.402. The molecule has 2 aromatic carbocycles. The molecule has 3 heterocycles. The van der Waals surface area contributed by atoms with Crippen molar-refractivity contribution in [1.29, 1.82) is 0 Å². The molecule has 7 nitrogen and oxygen atoms in total. The number of nitrogens with one attached hydrogen (secondary N) is 1. The number of amides is 1. The van der Waals surface area contributed by atoms with Gasteiger partial charge in [-0.3, -0.25) is 4.90 Å². The van der Waals surface area contributed by atoms with Gasteiger partial charge in [0.1, 0.15) is 12.1 Å². The molecule has 1 spiro atoms. The van der Waals surface area contributed by atoms with Crippen LogP contribution < -0.4 is 10.2 Å². The molecule has 2 atom stereocenters. The fourth-order valence-corrected chi connectivity index (χ4v) is 7.49. The lowest BCUT2D eigenvalue weighted by atomic mass is 9.67. The number of aromatic nitrogens is 2. The molecule has 1 unspecified atom stereocenters. The summed E-state index contributed by atoms with van der Waals surface area (Å²) >= 11 is 0. The maximum atomic E-state index is 12.5. The minimum absolute atomic E-state index is 0.130. The van der Waals surface area contributed by atoms with Crippen LogP contribution in [0.5, 0.6) is 0 Å². The maximum Gasteiger partial charge on any atom is 0.408 e. The van der Waals surface area contributed by atoms with Gasteiger partial charge in [0.15, 0.2) is 0 Å². The first-order valence-electron chi connectivity index (χ1n) is 14.7. The molecule has 3 aromatic rings. The van der Waals surface area contributed by atoms with Crippen molar-refractivity contribution in [3.8, 4) is 0 Å². The molecule has 1 aromatic heterocycles. The van der Waals surface area contributed by atoms with Crippen LogP contribution in [0.25, 0.3) is 0 Å². The Morgan fingerprint density at radius 2 is 1.85 bits per heavy atom. The Balaban J connectivity index is 1.58. The van der Waals surface area contributed by atoms with Crippen molar-refractivity contribution in [2.24, 2.45) is 0 Å². The van der Waals surface area contributed by atoms with Crippen molar-refractivity contribution in [3.05, 3.63) is 82.8 Å². The van der Waals surface area contributed by atoms with E-state index in [-0.39, 0.29) is 11.5 Å². The highest BCUT2D eigenvalue weighted by atomic mass is 16.4. The first-order chi connectivity index (χ1) is 19.2. The average molecular weight is 540 g/mol. The summed E-state index contributed by atoms with van der Waals surface area (Å²) in [5.74, 6) is 1.44. The number of carboxylic acid groups (broad SMARTS) is 1. The number of carbonyl (C=O) groups is 1. The highest BCUT2D eigenvalue weighted by Gasteiger charge is 2.54. The summed E-state index contributed by atoms with van der Waals surface area (Å²) in [6.07, 6.45) is 5.83. The monoisotopic (exact) mass is 539 g/mol. The topological polar surface area (TPSA) is 81.6 Å². The summed E-state index contributed by atoms with van der Waals surface area (Å²) in [7, 11) is 0. The zero-order chi connectivity index (χ0) is 28.1. The standard InChI is InChI=1S/C33H41N5O2/c1-22-13-14-25-28(22)30(36-21-35-25)38-26-12-8-11-24(20-37(31(39)40)32(2,3)4)29(26)33(15-17-34-18-16-33)27(38)19-23-9-6-5-7-10-23/h5-12,21-22,27,34H,13-20H2,1-4H3,(H,39,40)/t22?,27-/m1/s1. The zero-order valence-corrected chi connectivity index (χ0v) is 24.2. The number of fused-ring (bicyclic) bond motifs is 3. The van der Waals surface area contributed by atoms with E-state index in [1.165, 1.54) is 28.1 Å². The molecular weight excluding hydrogens is 498 g/mol. The van der Waals surface area contributed by atoms with E-state index in [0.29, 0.717) is 12.5 Å². The van der Waals surface area contributed by atoms with Gasteiger partial charge >= 0.3 is 6.09 Å². The predicted octanol–water partition coefficient (Wildman–Crippen LogP) is 6.19. The Morgan fingerprint density at radius 1 is 1.10 bits per heavy atom. The van der Waals surface area contributed by atoms with Crippen LogP contribution in [-0.2, 0) is 24.8 Å². The number of piperidine rings is 1. The van der Waals surface area contributed by atoms with Gasteiger partial charge in [0, 0.05) is 40.5 Å². The van der Waals surface area contributed by atoms with Crippen molar-refractivity contribution in [1.82, 2.24) is 20.2 Å². The molecule has 1 amide bonds. The molecule has 0 saturated carbocycles. The Labute approximate surface area is 237 Å². The molecule has 2 aliphatic heterocycles. The van der Waals surface area contributed by atoms with Crippen molar-refractivity contribution in [2.75, 3.05) is 18.0 Å². The highest BCUT2D eigenvalue weighted by Crippen LogP contribution is 2.56. The summed E-state index contributed by atoms with van der Waals surface area (Å²) in [5.41, 5.74) is 6.72. The molecule has 3 aliphatic rings. The smallest absolute Gasteiger partial charge is 0.408 e. The van der Waals surface area contributed by atoms with Crippen LogP contribution in [0, 0.1) is 0 Å². The third kappa shape index (κ3) is 4.44. The molecule has 0 radical (unpaired) electrons. The lowest BCUT2D eigenvalue weighted by molar-refractivity contribution is 0.0949. The van der Waals surface area contributed by atoms with Crippen molar-refractivity contribution in [2.45, 2.75) is 89.3 Å². The summed E-state index contributed by atoms with van der Waals surface area (Å²) in [6.45, 7) is 10.5. The van der Waals surface area contributed by atoms with Crippen molar-refractivity contribution >= 4 is 17.6 Å². The van der Waals surface area contributed by atoms with Gasteiger partial charge in [-0.05, 0) is 94.6 Å². The highest BCUT2D eigenvalue weighted by molar-refractivity contribution is 5.77. The Kier molecular flexibility index (Phi) is 6.81. The summed E-state index contributed by atoms with van der Waals surface area (Å²) in [5, 5.41) is 13.8. The van der Waals surface area contributed by atoms with E-state index in [0.717, 1.165) is 56.6 Å². The lowest BCUT2D eigenvalue weighted by Gasteiger charge is -2.43. The maximum absolute atomic E-state index is 12.5. The third-order valence-electron chi connectivity index (χ3n) is 9.45. The van der Waals surface area contributed by atoms with Gasteiger partial charge in [-0.15, -0.1) is 0 Å². The third-order valence-corrected chi connectivity index (χ3v) is 9.45. The molecular formula is C33H41N5O2. The zero-order valence-electron chi connectivity index (χ0n) is 24.2. The van der Waals surface area contributed by atoms with Crippen LogP contribution in [0.2, 0.25) is 0 Å². The van der Waals surface area contributed by atoms with Gasteiger partial charge in [-0.2, -0.15) is 0 Å². The molecule has 40 heavy (non-hydrogen) atoms. The molecule has 1 saturated heterocycles. The minimum atomic E-state index is -0.886. The van der Waals surface area contributed by atoms with E-state index < -0.39 is 11.6 Å². The fourth-order valence-electron chi connectivity index (χ4n) is 7.49. The Bertz CT molecular complexity index is 1390. The first kappa shape index (κ1) is 26.8. The molecule has 2 N–H and O–H groups in total. The van der Waals surface area contributed by atoms with E-state index in [9.17, 15) is 9.90 Å². The molecule has 210 valence electrons. The van der Waals surface area contributed by atoms with E-state index in [1.54, 1.807) is 11.2 Å². The van der Waals surface area contributed by atoms with E-state index >= 15 is 0 Å². The molecule has 1 aliphatic carbocycles. The number of nitrogens with zero attached hydrogens (tertiary/aromatic N) is 4. The van der Waals surface area contributed by atoms with Crippen molar-refractivity contribution in [3.63, 3.8) is 0 Å². The predicted molar refractivity (Wildman–Crippen MR) is 158 cm³/mol. The van der Waals surface area contributed by atoms with Crippen LogP contribution in [0.4, 0.5) is 16.3 Å². The van der Waals surface area contributed by atoms with Crippen LogP contribution in [-0.4, -0.2) is 50.7 Å². The SMILES string of the molecule is CC1CCc2ncnc(N3c4cccc(CN(C(=O)O)C(C)(C)C)c4C4(CCNCC4)[C@H]3Cc3ccccc3)c21. The van der Waals surface area contributed by atoms with Crippen LogP contribution in [0.3, 0.4) is 0 Å². The summed E-state index contributed by atoms with van der Waals surface area (Å²) in [6, 6.07) is 17.5. The van der Waals surface area contributed by atoms with E-state index in [2.05, 4.69) is 65.7 Å². The van der Waals surface area contributed by atoms with Gasteiger partial charge in [-0.25, -0.2) is 14.8 Å². The van der Waals surface area contributed by atoms with Crippen LogP contribution >= 0.6 is 0 Å². The van der Waals surface area contributed by atoms with Crippen LogP contribution in [0.1, 0.15) is 80.8 Å². The first-order valence-corrected chi connectivity index (χ1v) is 14.7. The number of hydrogen-bond donors (Lipinski definition) is 2. The average Bonchev–Trinajstić information content (AvgIpc) is 3.44.